The number of nitriles is 1. The molecule has 0 amide bonds. The van der Waals surface area contributed by atoms with Crippen LogP contribution >= 0.6 is 11.8 Å². The van der Waals surface area contributed by atoms with Crippen LogP contribution in [0.5, 0.6) is 0 Å². The topological polar surface area (TPSA) is 40.9 Å². The second kappa shape index (κ2) is 6.51. The monoisotopic (exact) mass is 303 g/mol. The molecule has 0 saturated carbocycles. The van der Waals surface area contributed by atoms with Crippen LogP contribution in [0.2, 0.25) is 0 Å². The van der Waals surface area contributed by atoms with E-state index >= 15 is 0 Å². The number of carbonyl (C=O) groups is 1. The number of Topliss-reactive ketones (excluding diaryl/α,β-unsaturated/α-hetero) is 1. The van der Waals surface area contributed by atoms with Crippen LogP contribution < -0.4 is 0 Å². The summed E-state index contributed by atoms with van der Waals surface area (Å²) in [5, 5.41) is 9.23. The third-order valence-electron chi connectivity index (χ3n) is 2.98. The Hall–Kier alpha value is -2.19. The van der Waals surface area contributed by atoms with Crippen LogP contribution in [0.25, 0.3) is 0 Å². The second-order valence-corrected chi connectivity index (χ2v) is 5.18. The molecular weight excluding hydrogens is 292 g/mol. The first-order chi connectivity index (χ1) is 10.1. The van der Waals surface area contributed by atoms with Gasteiger partial charge in [-0.05, 0) is 30.0 Å². The van der Waals surface area contributed by atoms with Gasteiger partial charge in [0.05, 0.1) is 6.07 Å². The van der Waals surface area contributed by atoms with Crippen molar-refractivity contribution in [1.82, 2.24) is 0 Å². The predicted octanol–water partition coefficient (Wildman–Crippen LogP) is 4.18. The Morgan fingerprint density at radius 3 is 2.38 bits per heavy atom. The maximum Gasteiger partial charge on any atom is 0.185 e. The quantitative estimate of drug-likeness (QED) is 0.628. The van der Waals surface area contributed by atoms with Crippen molar-refractivity contribution in [2.75, 3.05) is 6.26 Å². The highest BCUT2D eigenvalue weighted by Crippen LogP contribution is 2.27. The molecule has 1 atom stereocenters. The van der Waals surface area contributed by atoms with Gasteiger partial charge in [0, 0.05) is 16.5 Å². The van der Waals surface area contributed by atoms with Gasteiger partial charge >= 0.3 is 0 Å². The van der Waals surface area contributed by atoms with E-state index in [1.54, 1.807) is 24.3 Å². The summed E-state index contributed by atoms with van der Waals surface area (Å²) in [5.74, 6) is -3.32. The molecule has 0 N–H and O–H groups in total. The van der Waals surface area contributed by atoms with Crippen LogP contribution in [0.4, 0.5) is 8.78 Å². The third kappa shape index (κ3) is 3.29. The SMILES string of the molecule is CSc1ccccc1C(=O)C(C#N)c1cc(F)cc(F)c1. The number of hydrogen-bond acceptors (Lipinski definition) is 3. The van der Waals surface area contributed by atoms with Gasteiger partial charge in [-0.1, -0.05) is 18.2 Å². The minimum atomic E-state index is -1.23. The van der Waals surface area contributed by atoms with E-state index in [1.165, 1.54) is 11.8 Å². The Balaban J connectivity index is 2.46. The van der Waals surface area contributed by atoms with Gasteiger partial charge in [-0.3, -0.25) is 4.79 Å². The lowest BCUT2D eigenvalue weighted by molar-refractivity contribution is 0.0976. The van der Waals surface area contributed by atoms with Crippen molar-refractivity contribution in [3.63, 3.8) is 0 Å². The molecule has 1 unspecified atom stereocenters. The summed E-state index contributed by atoms with van der Waals surface area (Å²) < 4.78 is 26.5. The molecule has 0 fully saturated rings. The zero-order chi connectivity index (χ0) is 15.4. The molecule has 0 radical (unpaired) electrons. The van der Waals surface area contributed by atoms with Gasteiger partial charge in [0.15, 0.2) is 5.78 Å². The zero-order valence-corrected chi connectivity index (χ0v) is 12.0. The smallest absolute Gasteiger partial charge is 0.185 e. The Morgan fingerprint density at radius 2 is 1.81 bits per heavy atom. The van der Waals surface area contributed by atoms with E-state index in [1.807, 2.05) is 12.3 Å². The highest BCUT2D eigenvalue weighted by molar-refractivity contribution is 7.98. The number of ketones is 1. The molecule has 2 nitrogen and oxygen atoms in total. The van der Waals surface area contributed by atoms with Gasteiger partial charge in [-0.25, -0.2) is 8.78 Å². The van der Waals surface area contributed by atoms with Gasteiger partial charge in [-0.2, -0.15) is 5.26 Å². The van der Waals surface area contributed by atoms with Gasteiger partial charge in [0.25, 0.3) is 0 Å². The van der Waals surface area contributed by atoms with Gasteiger partial charge in [0.1, 0.15) is 17.6 Å². The van der Waals surface area contributed by atoms with Crippen LogP contribution in [-0.4, -0.2) is 12.0 Å². The molecule has 2 aromatic carbocycles. The summed E-state index contributed by atoms with van der Waals surface area (Å²) in [6.45, 7) is 0. The summed E-state index contributed by atoms with van der Waals surface area (Å²) in [4.78, 5) is 13.2. The van der Waals surface area contributed by atoms with Crippen LogP contribution in [-0.2, 0) is 0 Å². The lowest BCUT2D eigenvalue weighted by atomic mass is 9.91. The van der Waals surface area contributed by atoms with Crippen molar-refractivity contribution in [3.8, 4) is 6.07 Å². The Labute approximate surface area is 125 Å². The Bertz CT molecular complexity index is 704. The first-order valence-electron chi connectivity index (χ1n) is 6.09. The number of thioether (sulfide) groups is 1. The normalized spacial score (nSPS) is 11.7. The van der Waals surface area contributed by atoms with Crippen LogP contribution in [0.3, 0.4) is 0 Å². The average Bonchev–Trinajstić information content (AvgIpc) is 2.46. The maximum absolute atomic E-state index is 13.3. The van der Waals surface area contributed by atoms with Crippen molar-refractivity contribution in [2.24, 2.45) is 0 Å². The summed E-state index contributed by atoms with van der Waals surface area (Å²) in [6, 6.07) is 11.4. The molecule has 0 bridgehead atoms. The van der Waals surface area contributed by atoms with Crippen molar-refractivity contribution >= 4 is 17.5 Å². The van der Waals surface area contributed by atoms with Crippen molar-refractivity contribution < 1.29 is 13.6 Å². The molecule has 2 rings (SSSR count). The van der Waals surface area contributed by atoms with Crippen LogP contribution in [0, 0.1) is 23.0 Å². The molecule has 2 aromatic rings. The zero-order valence-electron chi connectivity index (χ0n) is 11.1. The molecule has 106 valence electrons. The predicted molar refractivity (Wildman–Crippen MR) is 77.3 cm³/mol. The molecule has 0 aliphatic carbocycles. The fraction of sp³-hybridized carbons (Fsp3) is 0.125. The van der Waals surface area contributed by atoms with E-state index < -0.39 is 23.3 Å². The summed E-state index contributed by atoms with van der Waals surface area (Å²) in [7, 11) is 0. The fourth-order valence-corrected chi connectivity index (χ4v) is 2.63. The fourth-order valence-electron chi connectivity index (χ4n) is 2.03. The first kappa shape index (κ1) is 15.2. The Kier molecular flexibility index (Phi) is 4.71. The number of benzene rings is 2. The first-order valence-corrected chi connectivity index (χ1v) is 7.32. The summed E-state index contributed by atoms with van der Waals surface area (Å²) >= 11 is 1.37. The number of nitrogens with zero attached hydrogens (tertiary/aromatic N) is 1. The van der Waals surface area contributed by atoms with Crippen LogP contribution in [0.15, 0.2) is 47.4 Å². The molecule has 0 heterocycles. The average molecular weight is 303 g/mol. The Morgan fingerprint density at radius 1 is 1.19 bits per heavy atom. The molecule has 0 saturated heterocycles. The number of carbonyl (C=O) groups excluding carboxylic acids is 1. The number of halogens is 2. The van der Waals surface area contributed by atoms with E-state index in [0.29, 0.717) is 11.6 Å². The van der Waals surface area contributed by atoms with E-state index in [0.717, 1.165) is 17.0 Å². The number of hydrogen-bond donors (Lipinski definition) is 0. The molecule has 5 heteroatoms. The minimum absolute atomic E-state index is 0.0240. The molecule has 0 aromatic heterocycles. The molecule has 0 spiro atoms. The summed E-state index contributed by atoms with van der Waals surface area (Å²) in [6.07, 6.45) is 1.81. The highest BCUT2D eigenvalue weighted by atomic mass is 32.2. The number of rotatable bonds is 4. The summed E-state index contributed by atoms with van der Waals surface area (Å²) in [5.41, 5.74) is 0.400. The van der Waals surface area contributed by atoms with Crippen molar-refractivity contribution in [1.29, 1.82) is 5.26 Å². The van der Waals surface area contributed by atoms with Crippen LogP contribution in [0.1, 0.15) is 21.8 Å². The standard InChI is InChI=1S/C16H11F2NOS/c1-21-15-5-3-2-4-13(15)16(20)14(9-19)10-6-11(17)8-12(18)7-10/h2-8,14H,1H3. The second-order valence-electron chi connectivity index (χ2n) is 4.33. The lowest BCUT2D eigenvalue weighted by Gasteiger charge is -2.11. The highest BCUT2D eigenvalue weighted by Gasteiger charge is 2.24. The minimum Gasteiger partial charge on any atom is -0.292 e. The molecular formula is C16H11F2NOS. The van der Waals surface area contributed by atoms with E-state index in [-0.39, 0.29) is 5.56 Å². The largest absolute Gasteiger partial charge is 0.292 e. The lowest BCUT2D eigenvalue weighted by Crippen LogP contribution is -2.13. The van der Waals surface area contributed by atoms with Crippen molar-refractivity contribution in [2.45, 2.75) is 10.8 Å². The van der Waals surface area contributed by atoms with Gasteiger partial charge in [-0.15, -0.1) is 11.8 Å². The van der Waals surface area contributed by atoms with E-state index in [9.17, 15) is 18.8 Å². The maximum atomic E-state index is 13.3. The van der Waals surface area contributed by atoms with Gasteiger partial charge < -0.3 is 0 Å². The molecule has 0 aliphatic rings. The van der Waals surface area contributed by atoms with E-state index in [2.05, 4.69) is 0 Å². The molecule has 21 heavy (non-hydrogen) atoms. The third-order valence-corrected chi connectivity index (χ3v) is 3.78. The molecule has 0 aliphatic heterocycles. The van der Waals surface area contributed by atoms with Crippen molar-refractivity contribution in [3.05, 3.63) is 65.2 Å². The van der Waals surface area contributed by atoms with Gasteiger partial charge in [0.2, 0.25) is 0 Å². The van der Waals surface area contributed by atoms with E-state index in [4.69, 9.17) is 0 Å².